The predicted molar refractivity (Wildman–Crippen MR) is 107 cm³/mol. The van der Waals surface area contributed by atoms with Gasteiger partial charge in [-0.2, -0.15) is 0 Å². The zero-order chi connectivity index (χ0) is 19.3. The molecule has 0 aliphatic rings. The van der Waals surface area contributed by atoms with Gasteiger partial charge in [0, 0.05) is 29.7 Å². The SMILES string of the molecule is Cc1ccccc1C(=O)Nc1ccc(Oc2cc(-n3cccc3)ncn2)cc1. The second-order valence-corrected chi connectivity index (χ2v) is 6.20. The van der Waals surface area contributed by atoms with Gasteiger partial charge in [0.2, 0.25) is 5.88 Å². The van der Waals surface area contributed by atoms with E-state index in [0.717, 1.165) is 11.4 Å². The molecule has 0 fully saturated rings. The Morgan fingerprint density at radius 3 is 2.46 bits per heavy atom. The molecule has 0 saturated heterocycles. The lowest BCUT2D eigenvalue weighted by molar-refractivity contribution is 0.102. The van der Waals surface area contributed by atoms with E-state index in [1.165, 1.54) is 6.33 Å². The maximum absolute atomic E-state index is 12.4. The molecule has 4 aromatic rings. The maximum Gasteiger partial charge on any atom is 0.255 e. The monoisotopic (exact) mass is 370 g/mol. The van der Waals surface area contributed by atoms with Crippen LogP contribution in [0.4, 0.5) is 5.69 Å². The number of rotatable bonds is 5. The number of hydrogen-bond donors (Lipinski definition) is 1. The van der Waals surface area contributed by atoms with Crippen LogP contribution in [-0.4, -0.2) is 20.4 Å². The van der Waals surface area contributed by atoms with Crippen LogP contribution in [0.25, 0.3) is 5.82 Å². The Balaban J connectivity index is 1.45. The minimum atomic E-state index is -0.140. The smallest absolute Gasteiger partial charge is 0.255 e. The average Bonchev–Trinajstić information content (AvgIpc) is 3.25. The van der Waals surface area contributed by atoms with Crippen LogP contribution in [0.2, 0.25) is 0 Å². The van der Waals surface area contributed by atoms with Gasteiger partial charge in [0.1, 0.15) is 17.9 Å². The number of ether oxygens (including phenoxy) is 1. The van der Waals surface area contributed by atoms with E-state index in [-0.39, 0.29) is 5.91 Å². The summed E-state index contributed by atoms with van der Waals surface area (Å²) in [6.45, 7) is 1.91. The molecule has 0 aliphatic heterocycles. The third-order valence-corrected chi connectivity index (χ3v) is 4.22. The van der Waals surface area contributed by atoms with Crippen LogP contribution in [0, 0.1) is 6.92 Å². The molecule has 4 rings (SSSR count). The fraction of sp³-hybridized carbons (Fsp3) is 0.0455. The van der Waals surface area contributed by atoms with Crippen LogP contribution >= 0.6 is 0 Å². The number of carbonyl (C=O) groups is 1. The quantitative estimate of drug-likeness (QED) is 0.556. The van der Waals surface area contributed by atoms with Crippen LogP contribution in [0.15, 0.2) is 85.5 Å². The van der Waals surface area contributed by atoms with E-state index in [1.54, 1.807) is 36.4 Å². The molecule has 0 spiro atoms. The number of nitrogens with one attached hydrogen (secondary N) is 1. The highest BCUT2D eigenvalue weighted by atomic mass is 16.5. The van der Waals surface area contributed by atoms with Gasteiger partial charge in [-0.1, -0.05) is 18.2 Å². The van der Waals surface area contributed by atoms with Gasteiger partial charge in [-0.25, -0.2) is 9.97 Å². The minimum Gasteiger partial charge on any atom is -0.439 e. The summed E-state index contributed by atoms with van der Waals surface area (Å²) in [5.41, 5.74) is 2.28. The zero-order valence-electron chi connectivity index (χ0n) is 15.2. The van der Waals surface area contributed by atoms with Gasteiger partial charge in [0.05, 0.1) is 0 Å². The topological polar surface area (TPSA) is 69.0 Å². The lowest BCUT2D eigenvalue weighted by Crippen LogP contribution is -2.13. The van der Waals surface area contributed by atoms with Crippen molar-refractivity contribution in [1.82, 2.24) is 14.5 Å². The molecule has 138 valence electrons. The van der Waals surface area contributed by atoms with Crippen molar-refractivity contribution in [3.8, 4) is 17.4 Å². The van der Waals surface area contributed by atoms with E-state index in [2.05, 4.69) is 15.3 Å². The minimum absolute atomic E-state index is 0.140. The van der Waals surface area contributed by atoms with Crippen LogP contribution < -0.4 is 10.1 Å². The van der Waals surface area contributed by atoms with E-state index in [4.69, 9.17) is 4.74 Å². The van der Waals surface area contributed by atoms with E-state index < -0.39 is 0 Å². The van der Waals surface area contributed by atoms with Crippen LogP contribution in [0.3, 0.4) is 0 Å². The summed E-state index contributed by atoms with van der Waals surface area (Å²) in [6.07, 6.45) is 5.26. The number of hydrogen-bond acceptors (Lipinski definition) is 4. The van der Waals surface area contributed by atoms with Gasteiger partial charge in [-0.05, 0) is 55.0 Å². The molecule has 0 radical (unpaired) electrons. The molecule has 0 atom stereocenters. The summed E-state index contributed by atoms with van der Waals surface area (Å²) >= 11 is 0. The fourth-order valence-electron chi connectivity index (χ4n) is 2.77. The Morgan fingerprint density at radius 2 is 1.71 bits per heavy atom. The van der Waals surface area contributed by atoms with Crippen molar-refractivity contribution in [3.05, 3.63) is 96.6 Å². The van der Waals surface area contributed by atoms with Gasteiger partial charge >= 0.3 is 0 Å². The highest BCUT2D eigenvalue weighted by Crippen LogP contribution is 2.23. The first-order chi connectivity index (χ1) is 13.7. The Morgan fingerprint density at radius 1 is 0.964 bits per heavy atom. The van der Waals surface area contributed by atoms with E-state index in [9.17, 15) is 4.79 Å². The molecule has 0 unspecified atom stereocenters. The summed E-state index contributed by atoms with van der Waals surface area (Å²) < 4.78 is 7.68. The van der Waals surface area contributed by atoms with Gasteiger partial charge in [-0.3, -0.25) is 4.79 Å². The fourth-order valence-corrected chi connectivity index (χ4v) is 2.77. The number of benzene rings is 2. The lowest BCUT2D eigenvalue weighted by Gasteiger charge is -2.09. The highest BCUT2D eigenvalue weighted by Gasteiger charge is 2.09. The van der Waals surface area contributed by atoms with Crippen molar-refractivity contribution in [2.75, 3.05) is 5.32 Å². The first-order valence-electron chi connectivity index (χ1n) is 8.79. The summed E-state index contributed by atoms with van der Waals surface area (Å²) in [5, 5.41) is 2.89. The summed E-state index contributed by atoms with van der Waals surface area (Å²) in [7, 11) is 0. The first kappa shape index (κ1) is 17.5. The molecule has 6 heteroatoms. The molecule has 2 heterocycles. The molecule has 1 amide bonds. The molecule has 6 nitrogen and oxygen atoms in total. The van der Waals surface area contributed by atoms with Crippen molar-refractivity contribution in [2.45, 2.75) is 6.92 Å². The normalized spacial score (nSPS) is 10.5. The lowest BCUT2D eigenvalue weighted by atomic mass is 10.1. The van der Waals surface area contributed by atoms with Gasteiger partial charge in [-0.15, -0.1) is 0 Å². The number of anilines is 1. The zero-order valence-corrected chi connectivity index (χ0v) is 15.2. The van der Waals surface area contributed by atoms with E-state index in [1.807, 2.05) is 54.2 Å². The van der Waals surface area contributed by atoms with Crippen molar-refractivity contribution >= 4 is 11.6 Å². The Labute approximate surface area is 162 Å². The number of amides is 1. The molecule has 1 N–H and O–H groups in total. The molecular formula is C22H18N4O2. The Kier molecular flexibility index (Phi) is 4.84. The third-order valence-electron chi connectivity index (χ3n) is 4.22. The number of aromatic nitrogens is 3. The van der Waals surface area contributed by atoms with Crippen LogP contribution in [0.1, 0.15) is 15.9 Å². The van der Waals surface area contributed by atoms with Crippen molar-refractivity contribution in [3.63, 3.8) is 0 Å². The van der Waals surface area contributed by atoms with Crippen molar-refractivity contribution < 1.29 is 9.53 Å². The Hall–Kier alpha value is -3.93. The average molecular weight is 370 g/mol. The number of nitrogens with zero attached hydrogens (tertiary/aromatic N) is 3. The van der Waals surface area contributed by atoms with Crippen molar-refractivity contribution in [1.29, 1.82) is 0 Å². The molecular weight excluding hydrogens is 352 g/mol. The molecule has 0 saturated carbocycles. The summed E-state index contributed by atoms with van der Waals surface area (Å²) in [4.78, 5) is 20.8. The van der Waals surface area contributed by atoms with Gasteiger partial charge in [0.15, 0.2) is 0 Å². The molecule has 2 aromatic carbocycles. The summed E-state index contributed by atoms with van der Waals surface area (Å²) in [6, 6.07) is 20.2. The first-order valence-corrected chi connectivity index (χ1v) is 8.79. The number of aryl methyl sites for hydroxylation is 1. The van der Waals surface area contributed by atoms with E-state index >= 15 is 0 Å². The van der Waals surface area contributed by atoms with Crippen LogP contribution in [-0.2, 0) is 0 Å². The number of carbonyl (C=O) groups excluding carboxylic acids is 1. The molecule has 2 aromatic heterocycles. The largest absolute Gasteiger partial charge is 0.439 e. The maximum atomic E-state index is 12.4. The second kappa shape index (κ2) is 7.75. The second-order valence-electron chi connectivity index (χ2n) is 6.20. The summed E-state index contributed by atoms with van der Waals surface area (Å²) in [5.74, 6) is 1.64. The van der Waals surface area contributed by atoms with Crippen LogP contribution in [0.5, 0.6) is 11.6 Å². The molecule has 0 aliphatic carbocycles. The third kappa shape index (κ3) is 3.91. The molecule has 28 heavy (non-hydrogen) atoms. The van der Waals surface area contributed by atoms with Gasteiger partial charge in [0.25, 0.3) is 5.91 Å². The predicted octanol–water partition coefficient (Wildman–Crippen LogP) is 4.62. The highest BCUT2D eigenvalue weighted by molar-refractivity contribution is 6.05. The van der Waals surface area contributed by atoms with Gasteiger partial charge < -0.3 is 14.6 Å². The van der Waals surface area contributed by atoms with E-state index in [0.29, 0.717) is 22.9 Å². The van der Waals surface area contributed by atoms with Crippen molar-refractivity contribution in [2.24, 2.45) is 0 Å². The Bertz CT molecular complexity index is 1090. The standard InChI is InChI=1S/C22H18N4O2/c1-16-6-2-3-7-19(16)22(27)25-17-8-10-18(11-9-17)28-21-14-20(23-15-24-21)26-12-4-5-13-26/h2-15H,1H3,(H,25,27). The molecule has 0 bridgehead atoms.